The zero-order valence-electron chi connectivity index (χ0n) is 16.4. The van der Waals surface area contributed by atoms with E-state index < -0.39 is 17.6 Å². The highest BCUT2D eigenvalue weighted by Gasteiger charge is 2.42. The molecule has 0 unspecified atom stereocenters. The van der Waals surface area contributed by atoms with E-state index in [1.807, 2.05) is 4.90 Å². The Hall–Kier alpha value is -1.18. The topological polar surface area (TPSA) is 90.3 Å². The van der Waals surface area contributed by atoms with Crippen molar-refractivity contribution in [2.75, 3.05) is 39.8 Å². The van der Waals surface area contributed by atoms with Gasteiger partial charge in [-0.3, -0.25) is 9.59 Å². The molecular formula is C20H34N2O5. The summed E-state index contributed by atoms with van der Waals surface area (Å²) in [6, 6.07) is 0. The smallest absolute Gasteiger partial charge is 0.312 e. The molecule has 7 nitrogen and oxygen atoms in total. The maximum absolute atomic E-state index is 12.8. The summed E-state index contributed by atoms with van der Waals surface area (Å²) in [4.78, 5) is 29.4. The van der Waals surface area contributed by atoms with Crippen LogP contribution in [0.25, 0.3) is 0 Å². The van der Waals surface area contributed by atoms with Crippen molar-refractivity contribution in [3.8, 4) is 0 Å². The van der Waals surface area contributed by atoms with Gasteiger partial charge in [0.25, 0.3) is 0 Å². The third-order valence-electron chi connectivity index (χ3n) is 6.47. The fourth-order valence-corrected chi connectivity index (χ4v) is 4.20. The number of carbonyl (C=O) groups is 2. The van der Waals surface area contributed by atoms with Crippen molar-refractivity contribution in [3.05, 3.63) is 0 Å². The highest BCUT2D eigenvalue weighted by molar-refractivity contribution is 5.81. The lowest BCUT2D eigenvalue weighted by molar-refractivity contribution is -0.164. The molecule has 27 heavy (non-hydrogen) atoms. The number of carbonyl (C=O) groups excluding carboxylic acids is 2. The Morgan fingerprint density at radius 3 is 2.37 bits per heavy atom. The number of aliphatic hydroxyl groups is 2. The third-order valence-corrected chi connectivity index (χ3v) is 6.47. The van der Waals surface area contributed by atoms with Crippen LogP contribution in [0.15, 0.2) is 0 Å². The lowest BCUT2D eigenvalue weighted by atomic mass is 9.74. The molecule has 2 N–H and O–H groups in total. The van der Waals surface area contributed by atoms with Gasteiger partial charge < -0.3 is 24.7 Å². The van der Waals surface area contributed by atoms with Crippen molar-refractivity contribution in [3.63, 3.8) is 0 Å². The maximum Gasteiger partial charge on any atom is 0.312 e. The summed E-state index contributed by atoms with van der Waals surface area (Å²) in [5.74, 6) is 0.0767. The van der Waals surface area contributed by atoms with Crippen LogP contribution in [0.4, 0.5) is 0 Å². The zero-order valence-corrected chi connectivity index (χ0v) is 16.4. The number of rotatable bonds is 1. The second-order valence-electron chi connectivity index (χ2n) is 8.66. The molecule has 1 spiro atoms. The summed E-state index contributed by atoms with van der Waals surface area (Å²) in [6.07, 6.45) is 4.09. The molecule has 3 aliphatic rings. The number of cyclic esters (lactones) is 1. The van der Waals surface area contributed by atoms with Crippen LogP contribution in [0, 0.1) is 11.3 Å². The van der Waals surface area contributed by atoms with Gasteiger partial charge in [-0.15, -0.1) is 0 Å². The second kappa shape index (κ2) is 8.88. The van der Waals surface area contributed by atoms with Crippen LogP contribution in [-0.2, 0) is 14.3 Å². The number of aliphatic hydroxyl groups excluding tert-OH is 2. The molecule has 0 aromatic rings. The van der Waals surface area contributed by atoms with Gasteiger partial charge in [0, 0.05) is 19.0 Å². The molecule has 2 atom stereocenters. The lowest BCUT2D eigenvalue weighted by Gasteiger charge is -2.39. The number of hydrogen-bond donors (Lipinski definition) is 2. The molecular weight excluding hydrogens is 348 g/mol. The first-order valence-electron chi connectivity index (χ1n) is 10.4. The predicted molar refractivity (Wildman–Crippen MR) is 99.9 cm³/mol. The zero-order chi connectivity index (χ0) is 19.4. The Morgan fingerprint density at radius 2 is 1.70 bits per heavy atom. The highest BCUT2D eigenvalue weighted by atomic mass is 16.5. The molecule has 3 rings (SSSR count). The molecule has 1 aliphatic carbocycles. The van der Waals surface area contributed by atoms with E-state index in [0.29, 0.717) is 19.5 Å². The molecule has 7 heteroatoms. The van der Waals surface area contributed by atoms with Crippen LogP contribution in [-0.4, -0.2) is 83.9 Å². The molecule has 1 amide bonds. The van der Waals surface area contributed by atoms with Gasteiger partial charge in [-0.1, -0.05) is 6.42 Å². The number of nitrogens with zero attached hydrogens (tertiary/aromatic N) is 2. The lowest BCUT2D eigenvalue weighted by Crippen LogP contribution is -2.45. The summed E-state index contributed by atoms with van der Waals surface area (Å²) in [5.41, 5.74) is -0.503. The van der Waals surface area contributed by atoms with E-state index in [-0.39, 0.29) is 24.4 Å². The first-order valence-corrected chi connectivity index (χ1v) is 10.4. The van der Waals surface area contributed by atoms with Crippen LogP contribution in [0.5, 0.6) is 0 Å². The Balaban J connectivity index is 1.69. The normalized spacial score (nSPS) is 31.5. The van der Waals surface area contributed by atoms with Crippen molar-refractivity contribution < 1.29 is 24.5 Å². The van der Waals surface area contributed by atoms with E-state index in [1.165, 1.54) is 0 Å². The van der Waals surface area contributed by atoms with Gasteiger partial charge in [-0.25, -0.2) is 0 Å². The molecule has 3 fully saturated rings. The summed E-state index contributed by atoms with van der Waals surface area (Å²) in [7, 11) is 2.05. The molecule has 0 aromatic heterocycles. The SMILES string of the molecule is CN1CCC2(CCCCN(C(=O)C3CC3)CC[C@H](O)[C@H](O)COC2=O)CC1. The Morgan fingerprint density at radius 1 is 1.00 bits per heavy atom. The van der Waals surface area contributed by atoms with Gasteiger partial charge >= 0.3 is 5.97 Å². The average Bonchev–Trinajstić information content (AvgIpc) is 3.50. The van der Waals surface area contributed by atoms with Crippen molar-refractivity contribution in [1.29, 1.82) is 0 Å². The van der Waals surface area contributed by atoms with E-state index in [4.69, 9.17) is 4.74 Å². The van der Waals surface area contributed by atoms with Crippen molar-refractivity contribution in [2.24, 2.45) is 11.3 Å². The van der Waals surface area contributed by atoms with Crippen molar-refractivity contribution in [1.82, 2.24) is 9.80 Å². The maximum atomic E-state index is 12.8. The first kappa shape index (κ1) is 20.6. The average molecular weight is 383 g/mol. The quantitative estimate of drug-likeness (QED) is 0.651. The van der Waals surface area contributed by atoms with Crippen LogP contribution in [0.2, 0.25) is 0 Å². The fraction of sp³-hybridized carbons (Fsp3) is 0.900. The molecule has 2 saturated heterocycles. The van der Waals surface area contributed by atoms with E-state index in [9.17, 15) is 19.8 Å². The molecule has 2 aliphatic heterocycles. The molecule has 0 aromatic carbocycles. The Labute approximate surface area is 161 Å². The minimum Gasteiger partial charge on any atom is -0.462 e. The molecule has 0 bridgehead atoms. The molecule has 0 radical (unpaired) electrons. The highest BCUT2D eigenvalue weighted by Crippen LogP contribution is 2.38. The van der Waals surface area contributed by atoms with Crippen LogP contribution >= 0.6 is 0 Å². The first-order chi connectivity index (χ1) is 12.9. The number of esters is 1. The van der Waals surface area contributed by atoms with Crippen molar-refractivity contribution >= 4 is 11.9 Å². The number of amides is 1. The number of piperidine rings is 1. The summed E-state index contributed by atoms with van der Waals surface area (Å²) in [5, 5.41) is 20.4. The monoisotopic (exact) mass is 382 g/mol. The fourth-order valence-electron chi connectivity index (χ4n) is 4.20. The van der Waals surface area contributed by atoms with E-state index in [2.05, 4.69) is 11.9 Å². The largest absolute Gasteiger partial charge is 0.462 e. The number of ether oxygens (including phenoxy) is 1. The van der Waals surface area contributed by atoms with Crippen LogP contribution in [0.3, 0.4) is 0 Å². The molecule has 1 saturated carbocycles. The molecule has 154 valence electrons. The van der Waals surface area contributed by atoms with Gasteiger partial charge in [0.15, 0.2) is 0 Å². The van der Waals surface area contributed by atoms with E-state index in [0.717, 1.165) is 58.0 Å². The number of hydrogen-bond acceptors (Lipinski definition) is 6. The van der Waals surface area contributed by atoms with E-state index >= 15 is 0 Å². The van der Waals surface area contributed by atoms with Gasteiger partial charge in [-0.05, 0) is 65.1 Å². The standard InChI is InChI=1S/C20H34N2O5/c1-21-12-8-20(9-13-21)7-2-3-10-22(18(25)15-4-5-15)11-6-16(23)17(24)14-27-19(20)26/h15-17,23-24H,2-14H2,1H3/t16-,17+/m0/s1. The predicted octanol–water partition coefficient (Wildman–Crippen LogP) is 0.776. The minimum atomic E-state index is -1.11. The van der Waals surface area contributed by atoms with Crippen LogP contribution in [0.1, 0.15) is 51.4 Å². The van der Waals surface area contributed by atoms with Gasteiger partial charge in [0.1, 0.15) is 12.7 Å². The molecule has 2 heterocycles. The Bertz CT molecular complexity index is 528. The summed E-state index contributed by atoms with van der Waals surface area (Å²) in [6.45, 7) is 2.62. The summed E-state index contributed by atoms with van der Waals surface area (Å²) >= 11 is 0. The van der Waals surface area contributed by atoms with Gasteiger partial charge in [0.2, 0.25) is 5.91 Å². The third kappa shape index (κ3) is 5.21. The van der Waals surface area contributed by atoms with Gasteiger partial charge in [0.05, 0.1) is 11.5 Å². The van der Waals surface area contributed by atoms with Gasteiger partial charge in [-0.2, -0.15) is 0 Å². The van der Waals surface area contributed by atoms with E-state index in [1.54, 1.807) is 0 Å². The Kier molecular flexibility index (Phi) is 6.76. The second-order valence-corrected chi connectivity index (χ2v) is 8.66. The van der Waals surface area contributed by atoms with Crippen molar-refractivity contribution in [2.45, 2.75) is 63.6 Å². The van der Waals surface area contributed by atoms with Crippen LogP contribution < -0.4 is 0 Å². The minimum absolute atomic E-state index is 0.146. The summed E-state index contributed by atoms with van der Waals surface area (Å²) < 4.78 is 5.44. The number of likely N-dealkylation sites (tertiary alicyclic amines) is 1.